The summed E-state index contributed by atoms with van der Waals surface area (Å²) in [5.74, 6) is -1.34. The van der Waals surface area contributed by atoms with Gasteiger partial charge in [0, 0.05) is 26.4 Å². The van der Waals surface area contributed by atoms with Gasteiger partial charge in [-0.25, -0.2) is 4.79 Å². The number of carbonyl (C=O) groups excluding carboxylic acids is 2. The number of piperidine rings is 1. The molecule has 0 unspecified atom stereocenters. The molecule has 6 nitrogen and oxygen atoms in total. The van der Waals surface area contributed by atoms with Crippen molar-refractivity contribution in [3.63, 3.8) is 0 Å². The molecule has 0 saturated carbocycles. The van der Waals surface area contributed by atoms with Crippen LogP contribution in [0, 0.1) is 0 Å². The van der Waals surface area contributed by atoms with Crippen molar-refractivity contribution in [3.05, 3.63) is 0 Å². The van der Waals surface area contributed by atoms with E-state index in [1.807, 2.05) is 0 Å². The molecule has 0 aromatic carbocycles. The summed E-state index contributed by atoms with van der Waals surface area (Å²) in [4.78, 5) is 34.8. The Balaban J connectivity index is 2.47. The molecule has 1 aliphatic heterocycles. The van der Waals surface area contributed by atoms with Crippen LogP contribution in [0.2, 0.25) is 0 Å². The average molecular weight is 242 g/mol. The van der Waals surface area contributed by atoms with Crippen LogP contribution < -0.4 is 5.32 Å². The van der Waals surface area contributed by atoms with Crippen molar-refractivity contribution in [3.8, 4) is 0 Å². The maximum atomic E-state index is 11.8. The predicted octanol–water partition coefficient (Wildman–Crippen LogP) is -0.0217. The number of hydrogen-bond donors (Lipinski definition) is 2. The molecule has 2 N–H and O–H groups in total. The molecule has 0 radical (unpaired) electrons. The molecule has 1 saturated heterocycles. The largest absolute Gasteiger partial charge is 0.480 e. The van der Waals surface area contributed by atoms with E-state index >= 15 is 0 Å². The van der Waals surface area contributed by atoms with Gasteiger partial charge in [0.25, 0.3) is 0 Å². The van der Waals surface area contributed by atoms with Crippen molar-refractivity contribution in [2.45, 2.75) is 38.6 Å². The van der Waals surface area contributed by atoms with Gasteiger partial charge in [-0.05, 0) is 19.3 Å². The molecule has 1 aliphatic rings. The molecule has 0 aromatic rings. The van der Waals surface area contributed by atoms with Crippen LogP contribution in [0.4, 0.5) is 0 Å². The second-order valence-corrected chi connectivity index (χ2v) is 4.17. The Hall–Kier alpha value is -1.59. The van der Waals surface area contributed by atoms with Gasteiger partial charge in [0.05, 0.1) is 0 Å². The van der Waals surface area contributed by atoms with Gasteiger partial charge in [-0.1, -0.05) is 0 Å². The van der Waals surface area contributed by atoms with Crippen molar-refractivity contribution in [2.24, 2.45) is 0 Å². The molecule has 2 amide bonds. The van der Waals surface area contributed by atoms with E-state index in [1.165, 1.54) is 11.8 Å². The number of carboxylic acid groups (broad SMARTS) is 1. The van der Waals surface area contributed by atoms with E-state index in [4.69, 9.17) is 5.11 Å². The fraction of sp³-hybridized carbons (Fsp3) is 0.727. The minimum atomic E-state index is -0.947. The first-order valence-corrected chi connectivity index (χ1v) is 5.79. The van der Waals surface area contributed by atoms with E-state index in [0.717, 1.165) is 12.8 Å². The van der Waals surface area contributed by atoms with Crippen LogP contribution >= 0.6 is 0 Å². The monoisotopic (exact) mass is 242 g/mol. The molecule has 17 heavy (non-hydrogen) atoms. The van der Waals surface area contributed by atoms with Crippen molar-refractivity contribution in [2.75, 3.05) is 13.1 Å². The molecule has 6 heteroatoms. The maximum Gasteiger partial charge on any atom is 0.326 e. The smallest absolute Gasteiger partial charge is 0.326 e. The van der Waals surface area contributed by atoms with Gasteiger partial charge in [0.2, 0.25) is 11.8 Å². The van der Waals surface area contributed by atoms with E-state index in [1.54, 1.807) is 0 Å². The van der Waals surface area contributed by atoms with Crippen LogP contribution in [-0.4, -0.2) is 46.9 Å². The lowest BCUT2D eigenvalue weighted by Gasteiger charge is -2.33. The van der Waals surface area contributed by atoms with Crippen LogP contribution in [0.25, 0.3) is 0 Å². The van der Waals surface area contributed by atoms with Gasteiger partial charge in [-0.2, -0.15) is 0 Å². The van der Waals surface area contributed by atoms with Gasteiger partial charge in [0.1, 0.15) is 6.04 Å². The third-order valence-electron chi connectivity index (χ3n) is 2.82. The average Bonchev–Trinajstić information content (AvgIpc) is 2.28. The standard InChI is InChI=1S/C11H18N2O4/c1-8(14)12-6-5-10(15)13-7-3-2-4-9(13)11(16)17/h9H,2-7H2,1H3,(H,12,14)(H,16,17)/t9-/m1/s1. The molecule has 1 heterocycles. The number of nitrogens with zero attached hydrogens (tertiary/aromatic N) is 1. The normalized spacial score (nSPS) is 19.8. The zero-order valence-electron chi connectivity index (χ0n) is 9.94. The van der Waals surface area contributed by atoms with Crippen LogP contribution in [-0.2, 0) is 14.4 Å². The summed E-state index contributed by atoms with van der Waals surface area (Å²) < 4.78 is 0. The third-order valence-corrected chi connectivity index (χ3v) is 2.82. The minimum Gasteiger partial charge on any atom is -0.480 e. The number of carboxylic acids is 1. The summed E-state index contributed by atoms with van der Waals surface area (Å²) in [5, 5.41) is 11.5. The highest BCUT2D eigenvalue weighted by atomic mass is 16.4. The van der Waals surface area contributed by atoms with Crippen molar-refractivity contribution < 1.29 is 19.5 Å². The van der Waals surface area contributed by atoms with Crippen molar-refractivity contribution in [1.82, 2.24) is 10.2 Å². The molecule has 0 aromatic heterocycles. The number of hydrogen-bond acceptors (Lipinski definition) is 3. The Morgan fingerprint density at radius 2 is 2.06 bits per heavy atom. The van der Waals surface area contributed by atoms with Gasteiger partial charge < -0.3 is 15.3 Å². The van der Waals surface area contributed by atoms with Crippen molar-refractivity contribution >= 4 is 17.8 Å². The molecule has 0 spiro atoms. The van der Waals surface area contributed by atoms with E-state index in [-0.39, 0.29) is 24.8 Å². The SMILES string of the molecule is CC(=O)NCCC(=O)N1CCCC[C@@H]1C(=O)O. The van der Waals surface area contributed by atoms with Gasteiger partial charge in [0.15, 0.2) is 0 Å². The quantitative estimate of drug-likeness (QED) is 0.725. The Labute approximate surface area is 100.0 Å². The summed E-state index contributed by atoms with van der Waals surface area (Å²) in [7, 11) is 0. The summed E-state index contributed by atoms with van der Waals surface area (Å²) >= 11 is 0. The lowest BCUT2D eigenvalue weighted by molar-refractivity contribution is -0.152. The van der Waals surface area contributed by atoms with E-state index in [9.17, 15) is 14.4 Å². The Morgan fingerprint density at radius 1 is 1.35 bits per heavy atom. The van der Waals surface area contributed by atoms with Crippen LogP contribution in [0.3, 0.4) is 0 Å². The van der Waals surface area contributed by atoms with Gasteiger partial charge in [-0.15, -0.1) is 0 Å². The first-order chi connectivity index (χ1) is 8.02. The zero-order chi connectivity index (χ0) is 12.8. The highest BCUT2D eigenvalue weighted by Gasteiger charge is 2.31. The molecule has 96 valence electrons. The Morgan fingerprint density at radius 3 is 2.65 bits per heavy atom. The molecule has 0 bridgehead atoms. The van der Waals surface area contributed by atoms with Gasteiger partial charge in [-0.3, -0.25) is 9.59 Å². The fourth-order valence-corrected chi connectivity index (χ4v) is 1.98. The first kappa shape index (κ1) is 13.5. The molecule has 1 rings (SSSR count). The number of nitrogens with one attached hydrogen (secondary N) is 1. The van der Waals surface area contributed by atoms with E-state index in [0.29, 0.717) is 13.0 Å². The number of amides is 2. The fourth-order valence-electron chi connectivity index (χ4n) is 1.98. The zero-order valence-corrected chi connectivity index (χ0v) is 9.94. The summed E-state index contributed by atoms with van der Waals surface area (Å²) in [6.07, 6.45) is 2.35. The predicted molar refractivity (Wildman–Crippen MR) is 60.3 cm³/mol. The number of carbonyl (C=O) groups is 3. The molecule has 1 fully saturated rings. The number of aliphatic carboxylic acids is 1. The minimum absolute atomic E-state index is 0.156. The van der Waals surface area contributed by atoms with Crippen LogP contribution in [0.5, 0.6) is 0 Å². The topological polar surface area (TPSA) is 86.7 Å². The molecule has 1 atom stereocenters. The van der Waals surface area contributed by atoms with Crippen molar-refractivity contribution in [1.29, 1.82) is 0 Å². The highest BCUT2D eigenvalue weighted by Crippen LogP contribution is 2.17. The lowest BCUT2D eigenvalue weighted by Crippen LogP contribution is -2.48. The highest BCUT2D eigenvalue weighted by molar-refractivity contribution is 5.84. The Kier molecular flexibility index (Phi) is 4.93. The maximum absolute atomic E-state index is 11.8. The summed E-state index contributed by atoms with van der Waals surface area (Å²) in [6.45, 7) is 2.14. The van der Waals surface area contributed by atoms with E-state index in [2.05, 4.69) is 5.32 Å². The molecular weight excluding hydrogens is 224 g/mol. The lowest BCUT2D eigenvalue weighted by atomic mass is 10.0. The number of likely N-dealkylation sites (tertiary alicyclic amines) is 1. The van der Waals surface area contributed by atoms with Gasteiger partial charge >= 0.3 is 5.97 Å². The first-order valence-electron chi connectivity index (χ1n) is 5.79. The van der Waals surface area contributed by atoms with Crippen LogP contribution in [0.15, 0.2) is 0 Å². The third kappa shape index (κ3) is 4.05. The molecule has 0 aliphatic carbocycles. The summed E-state index contributed by atoms with van der Waals surface area (Å²) in [5.41, 5.74) is 0. The second kappa shape index (κ2) is 6.22. The Bertz CT molecular complexity index is 317. The summed E-state index contributed by atoms with van der Waals surface area (Å²) in [6, 6.07) is -0.700. The van der Waals surface area contributed by atoms with Crippen LogP contribution in [0.1, 0.15) is 32.6 Å². The number of rotatable bonds is 4. The molecular formula is C11H18N2O4. The second-order valence-electron chi connectivity index (χ2n) is 4.17. The van der Waals surface area contributed by atoms with E-state index < -0.39 is 12.0 Å².